The lowest BCUT2D eigenvalue weighted by Gasteiger charge is -2.22. The smallest absolute Gasteiger partial charge is 0.263 e. The molecule has 2 aromatic heterocycles. The number of nitrogens with one attached hydrogen (secondary N) is 1. The molecule has 4 nitrogen and oxygen atoms in total. The molecule has 0 fully saturated rings. The number of fused-ring (bicyclic) bond motifs is 3. The monoisotopic (exact) mass is 386 g/mol. The normalized spacial score (nSPS) is 16.8. The molecule has 3 aromatic rings. The Morgan fingerprint density at radius 2 is 2.08 bits per heavy atom. The predicted octanol–water partition coefficient (Wildman–Crippen LogP) is 2.58. The first-order valence-corrected chi connectivity index (χ1v) is 11.1. The van der Waals surface area contributed by atoms with Crippen LogP contribution in [0.1, 0.15) is 29.9 Å². The largest absolute Gasteiger partial charge is 0.330 e. The van der Waals surface area contributed by atoms with E-state index in [2.05, 4.69) is 26.0 Å². The highest BCUT2D eigenvalue weighted by Gasteiger charge is 2.26. The van der Waals surface area contributed by atoms with Crippen molar-refractivity contribution < 1.29 is 4.90 Å². The lowest BCUT2D eigenvalue weighted by Crippen LogP contribution is -3.11. The molecule has 4 rings (SSSR count). The van der Waals surface area contributed by atoms with Gasteiger partial charge >= 0.3 is 0 Å². The maximum atomic E-state index is 13.4. The standard InChI is InChI=1S/C20H23N3OS2/c1-3-22-11-10-15-16(13-22)26-18-17(15)19(24)23(20(21-18)25-4-2)12-14-8-6-5-7-9-14/h5-9H,3-4,10-13H2,1-2H3/p+1. The van der Waals surface area contributed by atoms with Gasteiger partial charge in [-0.15, -0.1) is 11.3 Å². The Morgan fingerprint density at radius 3 is 2.81 bits per heavy atom. The van der Waals surface area contributed by atoms with Crippen molar-refractivity contribution >= 4 is 33.3 Å². The molecule has 0 radical (unpaired) electrons. The van der Waals surface area contributed by atoms with Crippen LogP contribution in [0.5, 0.6) is 0 Å². The van der Waals surface area contributed by atoms with E-state index < -0.39 is 0 Å². The van der Waals surface area contributed by atoms with Crippen LogP contribution in [0, 0.1) is 0 Å². The molecule has 1 aliphatic heterocycles. The fourth-order valence-corrected chi connectivity index (χ4v) is 5.69. The van der Waals surface area contributed by atoms with Crippen molar-refractivity contribution in [3.05, 3.63) is 56.7 Å². The molecule has 0 bridgehead atoms. The minimum absolute atomic E-state index is 0.132. The zero-order valence-corrected chi connectivity index (χ0v) is 16.9. The number of likely N-dealkylation sites (N-methyl/N-ethyl adjacent to an activating group) is 1. The Bertz CT molecular complexity index is 978. The molecule has 1 unspecified atom stereocenters. The van der Waals surface area contributed by atoms with Gasteiger partial charge in [-0.3, -0.25) is 9.36 Å². The van der Waals surface area contributed by atoms with E-state index in [0.717, 1.165) is 52.7 Å². The van der Waals surface area contributed by atoms with Crippen LogP contribution in [0.25, 0.3) is 10.2 Å². The SMILES string of the molecule is CCSc1nc2sc3c(c2c(=O)n1Cc1ccccc1)CC[NH+](CC)C3. The third kappa shape index (κ3) is 3.21. The molecule has 136 valence electrons. The summed E-state index contributed by atoms with van der Waals surface area (Å²) >= 11 is 3.38. The third-order valence-electron chi connectivity index (χ3n) is 5.06. The van der Waals surface area contributed by atoms with Gasteiger partial charge in [0.2, 0.25) is 0 Å². The van der Waals surface area contributed by atoms with Crippen molar-refractivity contribution in [2.45, 2.75) is 38.5 Å². The summed E-state index contributed by atoms with van der Waals surface area (Å²) in [5.41, 5.74) is 2.53. The number of hydrogen-bond donors (Lipinski definition) is 1. The highest BCUT2D eigenvalue weighted by Crippen LogP contribution is 2.31. The van der Waals surface area contributed by atoms with Crippen LogP contribution in [0.2, 0.25) is 0 Å². The summed E-state index contributed by atoms with van der Waals surface area (Å²) < 4.78 is 1.87. The summed E-state index contributed by atoms with van der Waals surface area (Å²) in [6.07, 6.45) is 0.987. The van der Waals surface area contributed by atoms with Crippen molar-refractivity contribution in [1.82, 2.24) is 9.55 Å². The number of quaternary nitrogens is 1. The van der Waals surface area contributed by atoms with Crippen LogP contribution in [0.4, 0.5) is 0 Å². The first-order valence-electron chi connectivity index (χ1n) is 9.26. The summed E-state index contributed by atoms with van der Waals surface area (Å²) in [7, 11) is 0. The Labute approximate surface area is 161 Å². The lowest BCUT2D eigenvalue weighted by molar-refractivity contribution is -0.913. The van der Waals surface area contributed by atoms with Crippen molar-refractivity contribution in [2.24, 2.45) is 0 Å². The summed E-state index contributed by atoms with van der Waals surface area (Å²) in [5.74, 6) is 0.908. The first kappa shape index (κ1) is 17.8. The second kappa shape index (κ2) is 7.55. The Kier molecular flexibility index (Phi) is 5.16. The van der Waals surface area contributed by atoms with E-state index in [9.17, 15) is 4.79 Å². The van der Waals surface area contributed by atoms with Crippen LogP contribution in [0.3, 0.4) is 0 Å². The highest BCUT2D eigenvalue weighted by atomic mass is 32.2. The van der Waals surface area contributed by atoms with Gasteiger partial charge in [0.05, 0.1) is 29.9 Å². The van der Waals surface area contributed by atoms with Gasteiger partial charge in [0, 0.05) is 6.42 Å². The van der Waals surface area contributed by atoms with Gasteiger partial charge < -0.3 is 4.90 Å². The number of hydrogen-bond acceptors (Lipinski definition) is 4. The molecular formula is C20H24N3OS2+. The molecule has 0 saturated heterocycles. The van der Waals surface area contributed by atoms with Gasteiger partial charge in [-0.1, -0.05) is 49.0 Å². The number of benzene rings is 1. The van der Waals surface area contributed by atoms with E-state index in [-0.39, 0.29) is 5.56 Å². The maximum Gasteiger partial charge on any atom is 0.263 e. The fourth-order valence-electron chi connectivity index (χ4n) is 3.64. The average Bonchev–Trinajstić information content (AvgIpc) is 3.03. The molecular weight excluding hydrogens is 362 g/mol. The van der Waals surface area contributed by atoms with Crippen molar-refractivity contribution in [1.29, 1.82) is 0 Å². The van der Waals surface area contributed by atoms with Crippen LogP contribution in [-0.4, -0.2) is 28.4 Å². The molecule has 1 atom stereocenters. The molecule has 26 heavy (non-hydrogen) atoms. The zero-order chi connectivity index (χ0) is 18.1. The van der Waals surface area contributed by atoms with Crippen LogP contribution in [-0.2, 0) is 19.5 Å². The summed E-state index contributed by atoms with van der Waals surface area (Å²) in [4.78, 5) is 22.2. The van der Waals surface area contributed by atoms with E-state index >= 15 is 0 Å². The Balaban J connectivity index is 1.86. The van der Waals surface area contributed by atoms with E-state index in [4.69, 9.17) is 4.98 Å². The minimum atomic E-state index is 0.132. The van der Waals surface area contributed by atoms with Gasteiger partial charge in [0.25, 0.3) is 5.56 Å². The average molecular weight is 387 g/mol. The molecule has 1 N–H and O–H groups in total. The minimum Gasteiger partial charge on any atom is -0.330 e. The molecule has 0 saturated carbocycles. The zero-order valence-electron chi connectivity index (χ0n) is 15.2. The summed E-state index contributed by atoms with van der Waals surface area (Å²) in [6, 6.07) is 10.2. The summed E-state index contributed by atoms with van der Waals surface area (Å²) in [6.45, 7) is 8.20. The van der Waals surface area contributed by atoms with Gasteiger partial charge in [0.1, 0.15) is 11.4 Å². The molecule has 1 aliphatic rings. The second-order valence-electron chi connectivity index (χ2n) is 6.67. The molecule has 6 heteroatoms. The predicted molar refractivity (Wildman–Crippen MR) is 110 cm³/mol. The van der Waals surface area contributed by atoms with Crippen molar-refractivity contribution in [3.8, 4) is 0 Å². The lowest BCUT2D eigenvalue weighted by atomic mass is 10.1. The molecule has 0 amide bonds. The second-order valence-corrected chi connectivity index (χ2v) is 8.98. The molecule has 3 heterocycles. The molecule has 0 spiro atoms. The van der Waals surface area contributed by atoms with Crippen molar-refractivity contribution in [2.75, 3.05) is 18.8 Å². The van der Waals surface area contributed by atoms with E-state index in [1.54, 1.807) is 28.0 Å². The Hall–Kier alpha value is -1.63. The summed E-state index contributed by atoms with van der Waals surface area (Å²) in [5, 5.41) is 1.71. The van der Waals surface area contributed by atoms with Gasteiger partial charge in [0.15, 0.2) is 5.16 Å². The Morgan fingerprint density at radius 1 is 1.27 bits per heavy atom. The van der Waals surface area contributed by atoms with Gasteiger partial charge in [-0.25, -0.2) is 4.98 Å². The number of rotatable bonds is 5. The highest BCUT2D eigenvalue weighted by molar-refractivity contribution is 7.99. The quantitative estimate of drug-likeness (QED) is 0.541. The van der Waals surface area contributed by atoms with E-state index in [1.165, 1.54) is 10.4 Å². The van der Waals surface area contributed by atoms with E-state index in [1.807, 2.05) is 22.8 Å². The number of thiophene rings is 1. The van der Waals surface area contributed by atoms with Crippen molar-refractivity contribution in [3.63, 3.8) is 0 Å². The van der Waals surface area contributed by atoms with Gasteiger partial charge in [-0.05, 0) is 23.8 Å². The number of aromatic nitrogens is 2. The van der Waals surface area contributed by atoms with E-state index in [0.29, 0.717) is 6.54 Å². The topological polar surface area (TPSA) is 39.3 Å². The van der Waals surface area contributed by atoms with Crippen LogP contribution < -0.4 is 10.5 Å². The number of thioether (sulfide) groups is 1. The molecule has 1 aromatic carbocycles. The molecule has 0 aliphatic carbocycles. The first-order chi connectivity index (χ1) is 12.7. The van der Waals surface area contributed by atoms with Gasteiger partial charge in [-0.2, -0.15) is 0 Å². The third-order valence-corrected chi connectivity index (χ3v) is 7.04. The van der Waals surface area contributed by atoms with Crippen LogP contribution in [0.15, 0.2) is 40.3 Å². The number of nitrogens with zero attached hydrogens (tertiary/aromatic N) is 2. The fraction of sp³-hybridized carbons (Fsp3) is 0.400. The maximum absolute atomic E-state index is 13.4. The van der Waals surface area contributed by atoms with Crippen LogP contribution >= 0.6 is 23.1 Å².